The van der Waals surface area contributed by atoms with E-state index in [1.165, 1.54) is 6.08 Å². The summed E-state index contributed by atoms with van der Waals surface area (Å²) < 4.78 is 29.4. The van der Waals surface area contributed by atoms with Crippen LogP contribution in [0.3, 0.4) is 0 Å². The molecule has 1 aliphatic rings. The molecule has 0 aromatic carbocycles. The number of nitrogens with one attached hydrogen (secondary N) is 1. The summed E-state index contributed by atoms with van der Waals surface area (Å²) in [4.78, 5) is 11.7. The molecule has 0 aliphatic heterocycles. The number of nitrogens with zero attached hydrogens (tertiary/aromatic N) is 1. The lowest BCUT2D eigenvalue weighted by molar-refractivity contribution is -0.117. The van der Waals surface area contributed by atoms with Crippen LogP contribution in [0.1, 0.15) is 24.4 Å². The number of carbonyl (C=O) groups is 1. The summed E-state index contributed by atoms with van der Waals surface area (Å²) in [5.74, 6) is -2.17. The molecule has 7 heteroatoms. The highest BCUT2D eigenvalue weighted by Gasteiger charge is 2.24. The number of rotatable bonds is 6. The second-order valence-electron chi connectivity index (χ2n) is 4.29. The van der Waals surface area contributed by atoms with Gasteiger partial charge in [-0.2, -0.15) is 14.0 Å². The fourth-order valence-corrected chi connectivity index (χ4v) is 1.92. The van der Waals surface area contributed by atoms with E-state index in [0.717, 1.165) is 12.8 Å². The van der Waals surface area contributed by atoms with E-state index in [1.54, 1.807) is 18.2 Å². The number of hydrogen-bond donors (Lipinski definition) is 1. The third kappa shape index (κ3) is 4.38. The van der Waals surface area contributed by atoms with E-state index < -0.39 is 11.7 Å². The van der Waals surface area contributed by atoms with Crippen LogP contribution < -0.4 is 5.32 Å². The lowest BCUT2D eigenvalue weighted by Crippen LogP contribution is -2.26. The van der Waals surface area contributed by atoms with Crippen molar-refractivity contribution in [1.29, 1.82) is 5.26 Å². The molecule has 1 heterocycles. The van der Waals surface area contributed by atoms with Crippen molar-refractivity contribution in [3.8, 4) is 6.07 Å². The summed E-state index contributed by atoms with van der Waals surface area (Å²) in [5, 5.41) is 11.6. The highest BCUT2D eigenvalue weighted by molar-refractivity contribution is 7.98. The Morgan fingerprint density at radius 2 is 2.35 bits per heavy atom. The fourth-order valence-electron chi connectivity index (χ4n) is 1.48. The van der Waals surface area contributed by atoms with Crippen molar-refractivity contribution >= 4 is 23.7 Å². The molecule has 0 bridgehead atoms. The Morgan fingerprint density at radius 3 is 2.95 bits per heavy atom. The zero-order chi connectivity index (χ0) is 14.5. The van der Waals surface area contributed by atoms with Crippen LogP contribution in [0.25, 0.3) is 6.08 Å². The molecule has 0 radical (unpaired) electrons. The molecule has 0 saturated heterocycles. The van der Waals surface area contributed by atoms with Crippen LogP contribution in [0.5, 0.6) is 0 Å². The summed E-state index contributed by atoms with van der Waals surface area (Å²) in [6.45, 7) is 0. The Kier molecular flexibility index (Phi) is 4.79. The Labute approximate surface area is 118 Å². The van der Waals surface area contributed by atoms with Crippen LogP contribution in [0.4, 0.5) is 8.78 Å². The standard InChI is InChI=1S/C13H12F2N2O2S/c14-13(15)20-7-11-4-3-10(19-11)5-8(6-16)12(18)17-9-1-2-9/h3-5,9,13H,1-2,7H2,(H,17,18)/b8-5+. The fraction of sp³-hybridized carbons (Fsp3) is 0.385. The minimum absolute atomic E-state index is 0.0433. The van der Waals surface area contributed by atoms with Crippen LogP contribution in [-0.2, 0) is 10.5 Å². The van der Waals surface area contributed by atoms with Crippen molar-refractivity contribution in [3.63, 3.8) is 0 Å². The van der Waals surface area contributed by atoms with Gasteiger partial charge in [0, 0.05) is 12.1 Å². The van der Waals surface area contributed by atoms with Gasteiger partial charge in [-0.1, -0.05) is 11.8 Å². The van der Waals surface area contributed by atoms with Gasteiger partial charge in [0.15, 0.2) is 0 Å². The van der Waals surface area contributed by atoms with E-state index in [1.807, 2.05) is 0 Å². The van der Waals surface area contributed by atoms with Gasteiger partial charge in [0.25, 0.3) is 11.7 Å². The average molecular weight is 298 g/mol. The van der Waals surface area contributed by atoms with Crippen LogP contribution in [0.2, 0.25) is 0 Å². The first-order valence-electron chi connectivity index (χ1n) is 5.99. The van der Waals surface area contributed by atoms with Gasteiger partial charge in [-0.3, -0.25) is 4.79 Å². The largest absolute Gasteiger partial charge is 0.461 e. The number of carbonyl (C=O) groups excluding carboxylic acids is 1. The normalized spacial score (nSPS) is 15.2. The van der Waals surface area contributed by atoms with E-state index in [-0.39, 0.29) is 17.4 Å². The van der Waals surface area contributed by atoms with Gasteiger partial charge in [0.1, 0.15) is 23.2 Å². The van der Waals surface area contributed by atoms with Gasteiger partial charge in [-0.05, 0) is 25.0 Å². The first kappa shape index (κ1) is 14.6. The zero-order valence-corrected chi connectivity index (χ0v) is 11.3. The van der Waals surface area contributed by atoms with Crippen molar-refractivity contribution in [2.45, 2.75) is 30.4 Å². The SMILES string of the molecule is N#C/C(=C\c1ccc(CSC(F)F)o1)C(=O)NC1CC1. The molecular weight excluding hydrogens is 286 g/mol. The third-order valence-electron chi connectivity index (χ3n) is 2.60. The maximum absolute atomic E-state index is 12.0. The van der Waals surface area contributed by atoms with Gasteiger partial charge >= 0.3 is 0 Å². The number of hydrogen-bond acceptors (Lipinski definition) is 4. The maximum Gasteiger partial charge on any atom is 0.284 e. The number of furan rings is 1. The number of halogens is 2. The molecule has 0 spiro atoms. The molecule has 1 aromatic rings. The predicted molar refractivity (Wildman–Crippen MR) is 70.8 cm³/mol. The summed E-state index contributed by atoms with van der Waals surface area (Å²) in [6, 6.07) is 5.06. The van der Waals surface area contributed by atoms with Crippen LogP contribution in [0, 0.1) is 11.3 Å². The Hall–Kier alpha value is -1.81. The summed E-state index contributed by atoms with van der Waals surface area (Å²) >= 11 is 0.453. The second-order valence-corrected chi connectivity index (χ2v) is 5.27. The van der Waals surface area contributed by atoms with E-state index in [2.05, 4.69) is 5.32 Å². The molecule has 0 unspecified atom stereocenters. The van der Waals surface area contributed by atoms with Crippen molar-refractivity contribution < 1.29 is 18.0 Å². The van der Waals surface area contributed by atoms with Gasteiger partial charge in [-0.15, -0.1) is 0 Å². The smallest absolute Gasteiger partial charge is 0.284 e. The van der Waals surface area contributed by atoms with Crippen LogP contribution in [0.15, 0.2) is 22.1 Å². The monoisotopic (exact) mass is 298 g/mol. The minimum Gasteiger partial charge on any atom is -0.461 e. The molecule has 20 heavy (non-hydrogen) atoms. The molecule has 1 N–H and O–H groups in total. The van der Waals surface area contributed by atoms with E-state index >= 15 is 0 Å². The van der Waals surface area contributed by atoms with Gasteiger partial charge < -0.3 is 9.73 Å². The first-order chi connectivity index (χ1) is 9.58. The molecule has 0 atom stereocenters. The minimum atomic E-state index is -2.46. The Balaban J connectivity index is 2.00. The molecule has 1 aromatic heterocycles. The van der Waals surface area contributed by atoms with Crippen LogP contribution in [-0.4, -0.2) is 17.7 Å². The number of thioether (sulfide) groups is 1. The van der Waals surface area contributed by atoms with E-state index in [0.29, 0.717) is 23.3 Å². The van der Waals surface area contributed by atoms with Crippen molar-refractivity contribution in [2.75, 3.05) is 0 Å². The van der Waals surface area contributed by atoms with Crippen molar-refractivity contribution in [2.24, 2.45) is 0 Å². The van der Waals surface area contributed by atoms with Crippen molar-refractivity contribution in [1.82, 2.24) is 5.32 Å². The topological polar surface area (TPSA) is 66.0 Å². The lowest BCUT2D eigenvalue weighted by Gasteiger charge is -2.00. The van der Waals surface area contributed by atoms with E-state index in [4.69, 9.17) is 9.68 Å². The number of nitriles is 1. The molecule has 1 fully saturated rings. The van der Waals surface area contributed by atoms with E-state index in [9.17, 15) is 13.6 Å². The predicted octanol–water partition coefficient (Wildman–Crippen LogP) is 2.92. The molecule has 106 valence electrons. The number of amides is 1. The Bertz CT molecular complexity index is 559. The number of alkyl halides is 2. The first-order valence-corrected chi connectivity index (χ1v) is 7.04. The zero-order valence-electron chi connectivity index (χ0n) is 10.4. The maximum atomic E-state index is 12.0. The highest BCUT2D eigenvalue weighted by Crippen LogP contribution is 2.22. The molecular formula is C13H12F2N2O2S. The van der Waals surface area contributed by atoms with Gasteiger partial charge in [0.05, 0.1) is 5.75 Å². The Morgan fingerprint density at radius 1 is 1.60 bits per heavy atom. The quantitative estimate of drug-likeness (QED) is 0.648. The molecule has 2 rings (SSSR count). The van der Waals surface area contributed by atoms with Gasteiger partial charge in [-0.25, -0.2) is 0 Å². The average Bonchev–Trinajstić information content (AvgIpc) is 3.10. The molecule has 1 aliphatic carbocycles. The molecule has 4 nitrogen and oxygen atoms in total. The van der Waals surface area contributed by atoms with Crippen molar-refractivity contribution in [3.05, 3.63) is 29.2 Å². The summed E-state index contributed by atoms with van der Waals surface area (Å²) in [6.07, 6.45) is 3.18. The third-order valence-corrected chi connectivity index (χ3v) is 3.30. The highest BCUT2D eigenvalue weighted by atomic mass is 32.2. The van der Waals surface area contributed by atoms with Crippen LogP contribution >= 0.6 is 11.8 Å². The summed E-state index contributed by atoms with van der Waals surface area (Å²) in [7, 11) is 0. The second kappa shape index (κ2) is 6.57. The van der Waals surface area contributed by atoms with Gasteiger partial charge in [0.2, 0.25) is 0 Å². The lowest BCUT2D eigenvalue weighted by atomic mass is 10.2. The molecule has 1 saturated carbocycles. The molecule has 1 amide bonds. The summed E-state index contributed by atoms with van der Waals surface area (Å²) in [5.41, 5.74) is -0.0562.